The summed E-state index contributed by atoms with van der Waals surface area (Å²) in [6, 6.07) is 9.69. The van der Waals surface area contributed by atoms with Crippen LogP contribution in [0.4, 0.5) is 21.6 Å². The number of methoxy groups -OCH3 is 1. The lowest BCUT2D eigenvalue weighted by Crippen LogP contribution is -2.63. The van der Waals surface area contributed by atoms with Gasteiger partial charge in [-0.25, -0.2) is 9.97 Å². The summed E-state index contributed by atoms with van der Waals surface area (Å²) in [5.41, 5.74) is 1.92. The fourth-order valence-corrected chi connectivity index (χ4v) is 4.42. The minimum atomic E-state index is -0.277. The van der Waals surface area contributed by atoms with E-state index in [1.54, 1.807) is 12.4 Å². The lowest BCUT2D eigenvalue weighted by Gasteiger charge is -2.34. The number of thiazole rings is 1. The molecule has 3 aromatic heterocycles. The van der Waals surface area contributed by atoms with Crippen molar-refractivity contribution in [1.82, 2.24) is 24.8 Å². The van der Waals surface area contributed by atoms with E-state index in [1.807, 2.05) is 37.3 Å². The molecule has 0 atom stereocenters. The number of aromatic nitrogens is 3. The Morgan fingerprint density at radius 2 is 2.03 bits per heavy atom. The number of pyridine rings is 2. The number of carbonyl (C=O) groups excluding carboxylic acids is 1. The topological polar surface area (TPSA) is 89.0 Å². The SMILES string of the molecule is COC(=O)[N+]1(c2ncc(-c3cccc(Nc4cc(C)ccn4)n3)s2)CCNCC1. The number of quaternary nitrogens is 1. The van der Waals surface area contributed by atoms with Crippen molar-refractivity contribution in [1.29, 1.82) is 0 Å². The van der Waals surface area contributed by atoms with Gasteiger partial charge < -0.3 is 15.4 Å². The average Bonchev–Trinajstić information content (AvgIpc) is 3.25. The highest BCUT2D eigenvalue weighted by Gasteiger charge is 2.45. The van der Waals surface area contributed by atoms with Gasteiger partial charge in [0, 0.05) is 19.3 Å². The van der Waals surface area contributed by atoms with Gasteiger partial charge in [0.05, 0.1) is 23.9 Å². The Balaban J connectivity index is 1.61. The Labute approximate surface area is 173 Å². The molecule has 0 aromatic carbocycles. The van der Waals surface area contributed by atoms with Crippen LogP contribution in [0.1, 0.15) is 5.56 Å². The summed E-state index contributed by atoms with van der Waals surface area (Å²) in [6.07, 6.45) is 3.27. The summed E-state index contributed by atoms with van der Waals surface area (Å²) in [6.45, 7) is 4.74. The molecule has 0 radical (unpaired) electrons. The average molecular weight is 412 g/mol. The number of ether oxygens (including phenoxy) is 1. The first-order valence-corrected chi connectivity index (χ1v) is 10.2. The van der Waals surface area contributed by atoms with Crippen molar-refractivity contribution in [2.24, 2.45) is 0 Å². The van der Waals surface area contributed by atoms with Crippen LogP contribution in [-0.2, 0) is 4.74 Å². The van der Waals surface area contributed by atoms with E-state index in [0.717, 1.165) is 40.2 Å². The number of aryl methyl sites for hydroxylation is 1. The van der Waals surface area contributed by atoms with Crippen molar-refractivity contribution in [3.05, 3.63) is 48.3 Å². The van der Waals surface area contributed by atoms with Gasteiger partial charge in [0.15, 0.2) is 0 Å². The summed E-state index contributed by atoms with van der Waals surface area (Å²) >= 11 is 1.48. The first-order valence-electron chi connectivity index (χ1n) is 9.40. The molecule has 0 saturated carbocycles. The van der Waals surface area contributed by atoms with Crippen LogP contribution in [0, 0.1) is 6.92 Å². The van der Waals surface area contributed by atoms with E-state index in [0.29, 0.717) is 18.9 Å². The zero-order valence-corrected chi connectivity index (χ0v) is 17.2. The maximum absolute atomic E-state index is 12.6. The van der Waals surface area contributed by atoms with Gasteiger partial charge in [-0.1, -0.05) is 17.4 Å². The zero-order chi connectivity index (χ0) is 20.3. The number of hydrogen-bond donors (Lipinski definition) is 2. The number of carbonyl (C=O) groups is 1. The highest BCUT2D eigenvalue weighted by Crippen LogP contribution is 2.35. The molecule has 0 spiro atoms. The molecule has 0 bridgehead atoms. The Morgan fingerprint density at radius 1 is 1.21 bits per heavy atom. The first-order chi connectivity index (χ1) is 14.1. The van der Waals surface area contributed by atoms with Gasteiger partial charge in [-0.05, 0) is 36.8 Å². The van der Waals surface area contributed by atoms with Crippen LogP contribution in [-0.4, -0.2) is 54.3 Å². The Hall–Kier alpha value is -2.88. The second-order valence-electron chi connectivity index (χ2n) is 6.89. The van der Waals surface area contributed by atoms with Crippen molar-refractivity contribution in [2.45, 2.75) is 6.92 Å². The molecule has 1 saturated heterocycles. The highest BCUT2D eigenvalue weighted by atomic mass is 32.1. The number of nitrogens with zero attached hydrogens (tertiary/aromatic N) is 4. The van der Waals surface area contributed by atoms with E-state index in [4.69, 9.17) is 9.72 Å². The first kappa shape index (κ1) is 19.4. The lowest BCUT2D eigenvalue weighted by atomic mass is 10.3. The van der Waals surface area contributed by atoms with Crippen LogP contribution in [0.25, 0.3) is 10.6 Å². The summed E-state index contributed by atoms with van der Waals surface area (Å²) < 4.78 is 5.21. The second-order valence-corrected chi connectivity index (χ2v) is 7.90. The number of amides is 1. The third kappa shape index (κ3) is 3.98. The molecule has 4 rings (SSSR count). The van der Waals surface area contributed by atoms with E-state index < -0.39 is 0 Å². The normalized spacial score (nSPS) is 15.7. The number of piperazine rings is 1. The molecule has 1 aliphatic heterocycles. The van der Waals surface area contributed by atoms with E-state index >= 15 is 0 Å². The molecule has 0 aliphatic carbocycles. The summed E-state index contributed by atoms with van der Waals surface area (Å²) in [5, 5.41) is 7.25. The Kier molecular flexibility index (Phi) is 5.52. The molecule has 29 heavy (non-hydrogen) atoms. The summed E-state index contributed by atoms with van der Waals surface area (Å²) in [4.78, 5) is 27.1. The van der Waals surface area contributed by atoms with Crippen molar-refractivity contribution >= 4 is 34.2 Å². The van der Waals surface area contributed by atoms with Crippen molar-refractivity contribution in [2.75, 3.05) is 38.6 Å². The minimum absolute atomic E-state index is 0.110. The fourth-order valence-electron chi connectivity index (χ4n) is 3.36. The standard InChI is InChI=1S/C20H23N6O2S/c1-14-6-7-22-18(12-14)25-17-5-3-4-15(24-17)16-13-23-19(29-16)26(20(27)28-2)10-8-21-9-11-26/h3-7,12-13,21H,8-11H2,1-2H3,(H,22,24,25)/q+1. The quantitative estimate of drug-likeness (QED) is 0.637. The van der Waals surface area contributed by atoms with Gasteiger partial charge in [0.2, 0.25) is 0 Å². The van der Waals surface area contributed by atoms with Crippen LogP contribution in [0.2, 0.25) is 0 Å². The minimum Gasteiger partial charge on any atom is -0.423 e. The van der Waals surface area contributed by atoms with Gasteiger partial charge in [-0.2, -0.15) is 14.3 Å². The van der Waals surface area contributed by atoms with Crippen LogP contribution < -0.4 is 15.1 Å². The van der Waals surface area contributed by atoms with Gasteiger partial charge in [0.25, 0.3) is 5.13 Å². The summed E-state index contributed by atoms with van der Waals surface area (Å²) in [7, 11) is 1.43. The van der Waals surface area contributed by atoms with E-state index in [1.165, 1.54) is 18.4 Å². The molecular formula is C20H23N6O2S+. The largest absolute Gasteiger partial charge is 0.523 e. The lowest BCUT2D eigenvalue weighted by molar-refractivity contribution is 0.119. The van der Waals surface area contributed by atoms with E-state index in [-0.39, 0.29) is 10.6 Å². The van der Waals surface area contributed by atoms with Crippen LogP contribution >= 0.6 is 11.3 Å². The Bertz CT molecular complexity index is 1020. The summed E-state index contributed by atoms with van der Waals surface area (Å²) in [5.74, 6) is 1.45. The molecule has 1 aliphatic rings. The molecule has 1 fully saturated rings. The molecule has 0 unspecified atom stereocenters. The second kappa shape index (κ2) is 8.24. The third-order valence-electron chi connectivity index (χ3n) is 4.90. The molecule has 9 heteroatoms. The molecule has 8 nitrogen and oxygen atoms in total. The van der Waals surface area contributed by atoms with Crippen LogP contribution in [0.3, 0.4) is 0 Å². The Morgan fingerprint density at radius 3 is 2.79 bits per heavy atom. The molecule has 3 aromatic rings. The van der Waals surface area contributed by atoms with E-state index in [2.05, 4.69) is 20.6 Å². The van der Waals surface area contributed by atoms with Gasteiger partial charge >= 0.3 is 6.09 Å². The van der Waals surface area contributed by atoms with Crippen LogP contribution in [0.5, 0.6) is 0 Å². The predicted octanol–water partition coefficient (Wildman–Crippen LogP) is 3.33. The molecule has 1 amide bonds. The molecular weight excluding hydrogens is 388 g/mol. The highest BCUT2D eigenvalue weighted by molar-refractivity contribution is 7.18. The monoisotopic (exact) mass is 411 g/mol. The maximum Gasteiger partial charge on any atom is 0.523 e. The van der Waals surface area contributed by atoms with E-state index in [9.17, 15) is 4.79 Å². The van der Waals surface area contributed by atoms with Crippen LogP contribution in [0.15, 0.2) is 42.7 Å². The smallest absolute Gasteiger partial charge is 0.423 e. The maximum atomic E-state index is 12.6. The number of nitrogens with one attached hydrogen (secondary N) is 2. The van der Waals surface area contributed by atoms with Gasteiger partial charge in [-0.3, -0.25) is 0 Å². The predicted molar refractivity (Wildman–Crippen MR) is 114 cm³/mol. The number of hydrogen-bond acceptors (Lipinski definition) is 8. The van der Waals surface area contributed by atoms with Crippen molar-refractivity contribution in [3.63, 3.8) is 0 Å². The third-order valence-corrected chi connectivity index (χ3v) is 6.07. The van der Waals surface area contributed by atoms with Gasteiger partial charge in [-0.15, -0.1) is 0 Å². The van der Waals surface area contributed by atoms with Crippen molar-refractivity contribution in [3.8, 4) is 10.6 Å². The molecule has 4 heterocycles. The number of anilines is 2. The van der Waals surface area contributed by atoms with Gasteiger partial charge in [0.1, 0.15) is 24.7 Å². The van der Waals surface area contributed by atoms with Crippen molar-refractivity contribution < 1.29 is 9.53 Å². The molecule has 2 N–H and O–H groups in total. The number of rotatable bonds is 4. The zero-order valence-electron chi connectivity index (χ0n) is 16.4. The fraction of sp³-hybridized carbons (Fsp3) is 0.300. The molecule has 150 valence electrons.